The SMILES string of the molecule is CC(C)C1CCCN1C(=O)OC(C)(C)C.CC(C)C1CCCN1C(=O)OC(C)(C)C.S.S. The van der Waals surface area contributed by atoms with Crippen LogP contribution in [0.5, 0.6) is 0 Å². The van der Waals surface area contributed by atoms with Gasteiger partial charge in [0.25, 0.3) is 0 Å². The third kappa shape index (κ3) is 11.4. The van der Waals surface area contributed by atoms with Gasteiger partial charge in [0.2, 0.25) is 0 Å². The lowest BCUT2D eigenvalue weighted by Crippen LogP contribution is -2.41. The number of hydrogen-bond acceptors (Lipinski definition) is 4. The minimum atomic E-state index is -0.388. The second-order valence-electron chi connectivity index (χ2n) is 11.3. The molecule has 32 heavy (non-hydrogen) atoms. The lowest BCUT2D eigenvalue weighted by Gasteiger charge is -2.30. The fourth-order valence-corrected chi connectivity index (χ4v) is 4.07. The summed E-state index contributed by atoms with van der Waals surface area (Å²) in [6, 6.07) is 0.722. The number of amides is 2. The summed E-state index contributed by atoms with van der Waals surface area (Å²) in [7, 11) is 0. The van der Waals surface area contributed by atoms with Crippen LogP contribution in [-0.2, 0) is 9.47 Å². The van der Waals surface area contributed by atoms with Gasteiger partial charge in [-0.1, -0.05) is 27.7 Å². The monoisotopic (exact) mass is 494 g/mol. The molecule has 0 aromatic rings. The van der Waals surface area contributed by atoms with Crippen molar-refractivity contribution < 1.29 is 19.1 Å². The van der Waals surface area contributed by atoms with Crippen LogP contribution in [0.15, 0.2) is 0 Å². The van der Waals surface area contributed by atoms with Crippen LogP contribution in [0.2, 0.25) is 0 Å². The Morgan fingerprint density at radius 2 is 0.969 bits per heavy atom. The molecule has 8 heteroatoms. The van der Waals surface area contributed by atoms with E-state index in [0.29, 0.717) is 23.9 Å². The number of carbonyl (C=O) groups excluding carboxylic acids is 2. The highest BCUT2D eigenvalue weighted by molar-refractivity contribution is 7.59. The van der Waals surface area contributed by atoms with Gasteiger partial charge in [0.15, 0.2) is 0 Å². The fraction of sp³-hybridized carbons (Fsp3) is 0.917. The Hall–Kier alpha value is -0.760. The standard InChI is InChI=1S/2C12H23NO2.2H2S/c2*1-9(2)10-7-6-8-13(10)11(14)15-12(3,4)5;;/h2*9-10H,6-8H2,1-5H3;2*1H2. The topological polar surface area (TPSA) is 59.1 Å². The van der Waals surface area contributed by atoms with Gasteiger partial charge in [-0.2, -0.15) is 27.0 Å². The summed E-state index contributed by atoms with van der Waals surface area (Å²) in [4.78, 5) is 27.5. The van der Waals surface area contributed by atoms with E-state index in [4.69, 9.17) is 9.47 Å². The zero-order valence-electron chi connectivity index (χ0n) is 22.1. The molecule has 0 aliphatic carbocycles. The molecule has 0 aromatic heterocycles. The van der Waals surface area contributed by atoms with Crippen LogP contribution in [-0.4, -0.2) is 58.4 Å². The molecular weight excluding hydrogens is 444 g/mol. The molecule has 192 valence electrons. The summed E-state index contributed by atoms with van der Waals surface area (Å²) in [5.74, 6) is 1.03. The summed E-state index contributed by atoms with van der Waals surface area (Å²) in [5.41, 5.74) is -0.775. The van der Waals surface area contributed by atoms with Crippen LogP contribution >= 0.6 is 27.0 Å². The van der Waals surface area contributed by atoms with Crippen molar-refractivity contribution in [1.82, 2.24) is 9.80 Å². The first-order chi connectivity index (χ1) is 13.6. The first kappa shape index (κ1) is 33.4. The smallest absolute Gasteiger partial charge is 0.410 e. The molecule has 2 saturated heterocycles. The molecule has 2 amide bonds. The van der Waals surface area contributed by atoms with Crippen LogP contribution in [0, 0.1) is 11.8 Å². The van der Waals surface area contributed by atoms with E-state index < -0.39 is 0 Å². The van der Waals surface area contributed by atoms with Gasteiger partial charge >= 0.3 is 12.2 Å². The third-order valence-electron chi connectivity index (χ3n) is 5.39. The summed E-state index contributed by atoms with van der Waals surface area (Å²) >= 11 is 0. The van der Waals surface area contributed by atoms with Crippen molar-refractivity contribution in [3.8, 4) is 0 Å². The Balaban J connectivity index is 0. The molecule has 2 atom stereocenters. The predicted octanol–water partition coefficient (Wildman–Crippen LogP) is 6.31. The molecule has 2 rings (SSSR count). The molecule has 0 aromatic carbocycles. The van der Waals surface area contributed by atoms with Crippen LogP contribution in [0.1, 0.15) is 94.9 Å². The van der Waals surface area contributed by atoms with Crippen molar-refractivity contribution in [2.45, 2.75) is 118 Å². The van der Waals surface area contributed by atoms with Crippen molar-refractivity contribution in [1.29, 1.82) is 0 Å². The highest BCUT2D eigenvalue weighted by Crippen LogP contribution is 2.26. The quantitative estimate of drug-likeness (QED) is 0.451. The van der Waals surface area contributed by atoms with E-state index in [1.54, 1.807) is 0 Å². The lowest BCUT2D eigenvalue weighted by atomic mass is 10.0. The van der Waals surface area contributed by atoms with Crippen LogP contribution in [0.4, 0.5) is 9.59 Å². The molecule has 0 radical (unpaired) electrons. The Kier molecular flexibility index (Phi) is 14.4. The second kappa shape index (κ2) is 13.8. The zero-order valence-corrected chi connectivity index (χ0v) is 24.1. The number of rotatable bonds is 2. The largest absolute Gasteiger partial charge is 0.444 e. The Morgan fingerprint density at radius 1 is 0.688 bits per heavy atom. The van der Waals surface area contributed by atoms with E-state index in [1.807, 2.05) is 51.3 Å². The summed E-state index contributed by atoms with van der Waals surface area (Å²) < 4.78 is 10.8. The molecule has 0 bridgehead atoms. The molecule has 2 unspecified atom stereocenters. The Labute approximate surface area is 211 Å². The molecule has 2 aliphatic rings. The van der Waals surface area contributed by atoms with Crippen molar-refractivity contribution in [3.63, 3.8) is 0 Å². The van der Waals surface area contributed by atoms with Crippen LogP contribution < -0.4 is 0 Å². The number of hydrogen-bond donors (Lipinski definition) is 0. The number of ether oxygens (including phenoxy) is 2. The molecular formula is C24H50N2O4S2. The van der Waals surface area contributed by atoms with Gasteiger partial charge in [0.1, 0.15) is 11.2 Å². The number of likely N-dealkylation sites (tertiary alicyclic amines) is 2. The maximum absolute atomic E-state index is 11.9. The van der Waals surface area contributed by atoms with Gasteiger partial charge in [0.05, 0.1) is 0 Å². The Bertz CT molecular complexity index is 521. The van der Waals surface area contributed by atoms with Crippen molar-refractivity contribution in [2.24, 2.45) is 11.8 Å². The second-order valence-corrected chi connectivity index (χ2v) is 11.3. The lowest BCUT2D eigenvalue weighted by molar-refractivity contribution is 0.0180. The minimum Gasteiger partial charge on any atom is -0.444 e. The minimum absolute atomic E-state index is 0. The van der Waals surface area contributed by atoms with Crippen molar-refractivity contribution in [3.05, 3.63) is 0 Å². The predicted molar refractivity (Wildman–Crippen MR) is 142 cm³/mol. The molecule has 2 fully saturated rings. The fourth-order valence-electron chi connectivity index (χ4n) is 4.07. The Morgan fingerprint density at radius 3 is 1.19 bits per heavy atom. The molecule has 2 aliphatic heterocycles. The highest BCUT2D eigenvalue weighted by atomic mass is 32.1. The third-order valence-corrected chi connectivity index (χ3v) is 5.39. The molecule has 0 N–H and O–H groups in total. The average Bonchev–Trinajstić information content (AvgIpc) is 3.22. The van der Waals surface area contributed by atoms with E-state index in [0.717, 1.165) is 38.8 Å². The van der Waals surface area contributed by atoms with E-state index >= 15 is 0 Å². The van der Waals surface area contributed by atoms with Crippen LogP contribution in [0.3, 0.4) is 0 Å². The van der Waals surface area contributed by atoms with Gasteiger partial charge in [-0.3, -0.25) is 0 Å². The average molecular weight is 495 g/mol. The van der Waals surface area contributed by atoms with E-state index in [-0.39, 0.29) is 50.4 Å². The normalized spacial score (nSPS) is 20.9. The van der Waals surface area contributed by atoms with Crippen molar-refractivity contribution >= 4 is 39.2 Å². The number of carbonyl (C=O) groups is 2. The molecule has 6 nitrogen and oxygen atoms in total. The molecule has 0 spiro atoms. The molecule has 2 heterocycles. The van der Waals surface area contributed by atoms with Gasteiger partial charge in [-0.25, -0.2) is 9.59 Å². The van der Waals surface area contributed by atoms with Crippen molar-refractivity contribution in [2.75, 3.05) is 13.1 Å². The zero-order chi connectivity index (χ0) is 23.3. The first-order valence-corrected chi connectivity index (χ1v) is 11.6. The summed E-state index contributed by atoms with van der Waals surface area (Å²) in [5, 5.41) is 0. The maximum Gasteiger partial charge on any atom is 0.410 e. The highest BCUT2D eigenvalue weighted by Gasteiger charge is 2.34. The van der Waals surface area contributed by atoms with E-state index in [1.165, 1.54) is 0 Å². The molecule has 0 saturated carbocycles. The number of nitrogens with zero attached hydrogens (tertiary/aromatic N) is 2. The summed E-state index contributed by atoms with van der Waals surface area (Å²) in [6.45, 7) is 21.8. The maximum atomic E-state index is 11.9. The van der Waals surface area contributed by atoms with Gasteiger partial charge in [-0.15, -0.1) is 0 Å². The van der Waals surface area contributed by atoms with E-state index in [9.17, 15) is 9.59 Å². The van der Waals surface area contributed by atoms with E-state index in [2.05, 4.69) is 27.7 Å². The summed E-state index contributed by atoms with van der Waals surface area (Å²) in [6.07, 6.45) is 4.11. The first-order valence-electron chi connectivity index (χ1n) is 11.6. The van der Waals surface area contributed by atoms with Gasteiger partial charge in [0, 0.05) is 25.2 Å². The van der Waals surface area contributed by atoms with Gasteiger partial charge < -0.3 is 19.3 Å². The van der Waals surface area contributed by atoms with Gasteiger partial charge in [-0.05, 0) is 79.1 Å². The van der Waals surface area contributed by atoms with Crippen LogP contribution in [0.25, 0.3) is 0 Å².